The Morgan fingerprint density at radius 1 is 1.12 bits per heavy atom. The Morgan fingerprint density at radius 3 is 2.27 bits per heavy atom. The van der Waals surface area contributed by atoms with Crippen LogP contribution >= 0.6 is 24.0 Å². The number of fused-ring (bicyclic) bond motifs is 1. The zero-order chi connectivity index (χ0) is 24.3. The van der Waals surface area contributed by atoms with Crippen molar-refractivity contribution in [3.05, 3.63) is 52.1 Å². The highest BCUT2D eigenvalue weighted by atomic mass is 32.2. The summed E-state index contributed by atoms with van der Waals surface area (Å²) in [6.07, 6.45) is 2.12. The Balaban J connectivity index is 1.91. The number of carbonyl (C=O) groups is 1. The average molecular weight is 490 g/mol. The molecule has 0 spiro atoms. The molecule has 3 nitrogen and oxygen atoms in total. The van der Waals surface area contributed by atoms with Crippen LogP contribution in [0, 0.1) is 18.6 Å². The fourth-order valence-corrected chi connectivity index (χ4v) is 6.26. The first-order valence-electron chi connectivity index (χ1n) is 11.1. The number of hydrogen-bond donors (Lipinski definition) is 1. The van der Waals surface area contributed by atoms with Gasteiger partial charge in [-0.2, -0.15) is 0 Å². The molecule has 1 aliphatic carbocycles. The molecule has 1 amide bonds. The topological polar surface area (TPSA) is 38.3 Å². The Hall–Kier alpha value is -1.99. The van der Waals surface area contributed by atoms with Crippen LogP contribution in [0.25, 0.3) is 11.1 Å². The van der Waals surface area contributed by atoms with E-state index in [0.717, 1.165) is 30.0 Å². The molecule has 0 aromatic heterocycles. The monoisotopic (exact) mass is 489 g/mol. The summed E-state index contributed by atoms with van der Waals surface area (Å²) >= 11 is 6.21. The van der Waals surface area contributed by atoms with Gasteiger partial charge in [-0.15, -0.1) is 0 Å². The van der Waals surface area contributed by atoms with Crippen LogP contribution in [0.2, 0.25) is 0 Å². The van der Waals surface area contributed by atoms with Gasteiger partial charge >= 0.3 is 0 Å². The minimum absolute atomic E-state index is 0.00928. The van der Waals surface area contributed by atoms with Crippen LogP contribution in [0.15, 0.2) is 18.2 Å². The SMILES string of the molecule is COc1c(F)cc(CC2SC(=S)NC2=O)c(F)c1-c1cc2c(cc1C)C(C)(C)CCC2(C)C. The van der Waals surface area contributed by atoms with E-state index in [4.69, 9.17) is 17.0 Å². The van der Waals surface area contributed by atoms with Gasteiger partial charge in [-0.05, 0) is 77.0 Å². The maximum absolute atomic E-state index is 16.0. The lowest BCUT2D eigenvalue weighted by Crippen LogP contribution is -2.34. The van der Waals surface area contributed by atoms with E-state index in [1.54, 1.807) is 0 Å². The highest BCUT2D eigenvalue weighted by Crippen LogP contribution is 2.49. The molecule has 1 fully saturated rings. The zero-order valence-corrected chi connectivity index (χ0v) is 21.5. The van der Waals surface area contributed by atoms with Crippen molar-refractivity contribution in [2.75, 3.05) is 7.11 Å². The van der Waals surface area contributed by atoms with Crippen LogP contribution in [0.5, 0.6) is 5.75 Å². The van der Waals surface area contributed by atoms with E-state index in [2.05, 4.69) is 39.1 Å². The molecular weight excluding hydrogens is 460 g/mol. The Morgan fingerprint density at radius 2 is 1.73 bits per heavy atom. The third-order valence-electron chi connectivity index (χ3n) is 7.09. The molecule has 0 bridgehead atoms. The van der Waals surface area contributed by atoms with Crippen LogP contribution in [0.4, 0.5) is 8.78 Å². The van der Waals surface area contributed by atoms with Gasteiger partial charge in [-0.1, -0.05) is 57.7 Å². The number of nitrogens with one attached hydrogen (secondary N) is 1. The molecule has 4 rings (SSSR count). The van der Waals surface area contributed by atoms with Crippen molar-refractivity contribution in [3.63, 3.8) is 0 Å². The molecule has 2 aromatic carbocycles. The Labute approximate surface area is 203 Å². The first-order valence-corrected chi connectivity index (χ1v) is 12.4. The smallest absolute Gasteiger partial charge is 0.239 e. The number of halogens is 2. The predicted octanol–water partition coefficient (Wildman–Crippen LogP) is 6.36. The maximum Gasteiger partial charge on any atom is 0.239 e. The van der Waals surface area contributed by atoms with Crippen molar-refractivity contribution in [2.45, 2.75) is 70.0 Å². The third-order valence-corrected chi connectivity index (χ3v) is 8.46. The largest absolute Gasteiger partial charge is 0.493 e. The zero-order valence-electron chi connectivity index (χ0n) is 19.8. The highest BCUT2D eigenvalue weighted by Gasteiger charge is 2.38. The Bertz CT molecular complexity index is 1170. The first-order chi connectivity index (χ1) is 15.4. The van der Waals surface area contributed by atoms with Crippen LogP contribution in [-0.4, -0.2) is 22.6 Å². The van der Waals surface area contributed by atoms with Gasteiger partial charge in [-0.25, -0.2) is 8.78 Å². The van der Waals surface area contributed by atoms with E-state index < -0.39 is 16.9 Å². The summed E-state index contributed by atoms with van der Waals surface area (Å²) in [5.41, 5.74) is 4.06. The van der Waals surface area contributed by atoms with Gasteiger partial charge in [0.1, 0.15) is 10.1 Å². The number of benzene rings is 2. The predicted molar refractivity (Wildman–Crippen MR) is 134 cm³/mol. The summed E-state index contributed by atoms with van der Waals surface area (Å²) in [4.78, 5) is 12.1. The van der Waals surface area contributed by atoms with Crippen LogP contribution in [0.3, 0.4) is 0 Å². The lowest BCUT2D eigenvalue weighted by Gasteiger charge is -2.42. The second kappa shape index (κ2) is 8.35. The van der Waals surface area contributed by atoms with E-state index in [1.807, 2.05) is 13.0 Å². The van der Waals surface area contributed by atoms with Crippen LogP contribution in [-0.2, 0) is 22.0 Å². The fourth-order valence-electron chi connectivity index (χ4n) is 4.97. The molecule has 1 atom stereocenters. The molecule has 33 heavy (non-hydrogen) atoms. The number of aryl methyl sites for hydroxylation is 1. The number of hydrogen-bond acceptors (Lipinski definition) is 4. The van der Waals surface area contributed by atoms with E-state index in [-0.39, 0.29) is 40.0 Å². The number of rotatable bonds is 4. The molecule has 2 aliphatic rings. The summed E-state index contributed by atoms with van der Waals surface area (Å²) in [6.45, 7) is 10.8. The number of methoxy groups -OCH3 is 1. The number of ether oxygens (including phenoxy) is 1. The molecule has 1 unspecified atom stereocenters. The molecule has 1 N–H and O–H groups in total. The van der Waals surface area contributed by atoms with Crippen LogP contribution in [0.1, 0.15) is 62.8 Å². The molecular formula is C26H29F2NO2S2. The van der Waals surface area contributed by atoms with E-state index >= 15 is 8.78 Å². The van der Waals surface area contributed by atoms with E-state index in [9.17, 15) is 4.79 Å². The molecule has 176 valence electrons. The summed E-state index contributed by atoms with van der Waals surface area (Å²) < 4.78 is 36.8. The van der Waals surface area contributed by atoms with Gasteiger partial charge in [0.2, 0.25) is 5.91 Å². The molecule has 0 radical (unpaired) electrons. The van der Waals surface area contributed by atoms with Crippen LogP contribution < -0.4 is 10.1 Å². The van der Waals surface area contributed by atoms with Gasteiger partial charge in [0.05, 0.1) is 17.9 Å². The lowest BCUT2D eigenvalue weighted by molar-refractivity contribution is -0.118. The van der Waals surface area contributed by atoms with E-state index in [1.165, 1.54) is 24.4 Å². The molecule has 1 aliphatic heterocycles. The first kappa shape index (κ1) is 24.1. The Kier molecular flexibility index (Phi) is 6.11. The van der Waals surface area contributed by atoms with Crippen molar-refractivity contribution in [2.24, 2.45) is 0 Å². The van der Waals surface area contributed by atoms with Crippen molar-refractivity contribution >= 4 is 34.2 Å². The molecule has 7 heteroatoms. The minimum atomic E-state index is -0.647. The molecule has 2 aromatic rings. The van der Waals surface area contributed by atoms with Crippen molar-refractivity contribution in [1.82, 2.24) is 5.32 Å². The van der Waals surface area contributed by atoms with Crippen molar-refractivity contribution < 1.29 is 18.3 Å². The summed E-state index contributed by atoms with van der Waals surface area (Å²) in [7, 11) is 1.35. The maximum atomic E-state index is 16.0. The number of carbonyl (C=O) groups excluding carboxylic acids is 1. The molecule has 1 heterocycles. The van der Waals surface area contributed by atoms with Gasteiger partial charge in [0.25, 0.3) is 0 Å². The lowest BCUT2D eigenvalue weighted by atomic mass is 9.62. The molecule has 0 saturated carbocycles. The third kappa shape index (κ3) is 4.18. The van der Waals surface area contributed by atoms with Crippen molar-refractivity contribution in [3.8, 4) is 16.9 Å². The highest BCUT2D eigenvalue weighted by molar-refractivity contribution is 8.24. The van der Waals surface area contributed by atoms with Crippen molar-refractivity contribution in [1.29, 1.82) is 0 Å². The second-order valence-corrected chi connectivity index (χ2v) is 12.2. The number of amides is 1. The second-order valence-electron chi connectivity index (χ2n) is 10.3. The fraction of sp³-hybridized carbons (Fsp3) is 0.462. The summed E-state index contributed by atoms with van der Waals surface area (Å²) in [5, 5.41) is 1.98. The normalized spacial score (nSPS) is 21.0. The standard InChI is InChI=1S/C26H29F2NO2S2/c1-13-9-16-17(26(4,5)8-7-25(16,2)3)12-15(13)20-21(28)14(10-18(27)22(20)31-6)11-19-23(30)29-24(32)33-19/h9-10,12,19H,7-8,11H2,1-6H3,(H,29,30,32). The van der Waals surface area contributed by atoms with Gasteiger partial charge in [-0.3, -0.25) is 4.79 Å². The number of thioether (sulfide) groups is 1. The van der Waals surface area contributed by atoms with Gasteiger partial charge in [0.15, 0.2) is 11.6 Å². The van der Waals surface area contributed by atoms with Gasteiger partial charge < -0.3 is 10.1 Å². The summed E-state index contributed by atoms with van der Waals surface area (Å²) in [6, 6.07) is 5.27. The van der Waals surface area contributed by atoms with E-state index in [0.29, 0.717) is 9.88 Å². The molecule has 1 saturated heterocycles. The summed E-state index contributed by atoms with van der Waals surface area (Å²) in [5.74, 6) is -1.61. The minimum Gasteiger partial charge on any atom is -0.493 e. The average Bonchev–Trinajstić information content (AvgIpc) is 3.04. The van der Waals surface area contributed by atoms with Gasteiger partial charge in [0, 0.05) is 0 Å². The number of thiocarbonyl (C=S) groups is 1. The quantitative estimate of drug-likeness (QED) is 0.508.